The third-order valence-corrected chi connectivity index (χ3v) is 5.30. The van der Waals surface area contributed by atoms with E-state index < -0.39 is 0 Å². The molecule has 0 amide bonds. The maximum atomic E-state index is 5.98. The summed E-state index contributed by atoms with van der Waals surface area (Å²) in [5, 5.41) is 7.43. The monoisotopic (exact) mass is 395 g/mol. The van der Waals surface area contributed by atoms with E-state index in [2.05, 4.69) is 39.2 Å². The summed E-state index contributed by atoms with van der Waals surface area (Å²) in [6.45, 7) is 5.54. The molecule has 0 saturated carbocycles. The van der Waals surface area contributed by atoms with Crippen LogP contribution in [-0.2, 0) is 13.2 Å². The first-order valence-electron chi connectivity index (χ1n) is 9.53. The van der Waals surface area contributed by atoms with E-state index >= 15 is 0 Å². The van der Waals surface area contributed by atoms with E-state index in [0.717, 1.165) is 55.5 Å². The third-order valence-electron chi connectivity index (χ3n) is 5.03. The average Bonchev–Trinajstić information content (AvgIpc) is 3.09. The number of benzene rings is 2. The predicted octanol–water partition coefficient (Wildman–Crippen LogP) is 3.26. The second kappa shape index (κ2) is 8.68. The summed E-state index contributed by atoms with van der Waals surface area (Å²) in [4.78, 5) is 4.76. The van der Waals surface area contributed by atoms with Crippen LogP contribution in [0.2, 0.25) is 0 Å². The van der Waals surface area contributed by atoms with Gasteiger partial charge in [0.05, 0.1) is 12.2 Å². The molecule has 28 heavy (non-hydrogen) atoms. The number of ether oxygens (including phenoxy) is 1. The number of piperazine rings is 1. The van der Waals surface area contributed by atoms with Gasteiger partial charge in [0.2, 0.25) is 0 Å². The Labute approximate surface area is 170 Å². The molecule has 1 N–H and O–H groups in total. The molecule has 0 spiro atoms. The molecule has 0 bridgehead atoms. The van der Waals surface area contributed by atoms with Gasteiger partial charge in [0.1, 0.15) is 18.2 Å². The molecule has 0 unspecified atom stereocenters. The number of nitrogens with zero attached hydrogens (tertiary/aromatic N) is 4. The van der Waals surface area contributed by atoms with Crippen molar-refractivity contribution in [1.82, 2.24) is 24.6 Å². The van der Waals surface area contributed by atoms with Crippen molar-refractivity contribution in [2.24, 2.45) is 0 Å². The maximum Gasteiger partial charge on any atom is 0.199 e. The Bertz CT molecular complexity index is 960. The number of hydrogen-bond donors (Lipinski definition) is 1. The fourth-order valence-electron chi connectivity index (χ4n) is 3.36. The number of aromatic nitrogens is 3. The molecule has 0 aliphatic carbocycles. The van der Waals surface area contributed by atoms with E-state index in [1.54, 1.807) is 0 Å². The topological polar surface area (TPSA) is 49.3 Å². The molecule has 3 aromatic rings. The first-order valence-corrected chi connectivity index (χ1v) is 9.94. The highest BCUT2D eigenvalue weighted by Gasteiger charge is 2.17. The zero-order valence-corrected chi connectivity index (χ0v) is 16.9. The number of nitrogens with one attached hydrogen (secondary N) is 1. The fraction of sp³-hybridized carbons (Fsp3) is 0.333. The van der Waals surface area contributed by atoms with Crippen molar-refractivity contribution >= 4 is 12.2 Å². The Morgan fingerprint density at radius 2 is 1.82 bits per heavy atom. The van der Waals surface area contributed by atoms with Gasteiger partial charge in [-0.2, -0.15) is 5.10 Å². The van der Waals surface area contributed by atoms with Crippen LogP contribution < -0.4 is 4.74 Å². The molecule has 1 aliphatic heterocycles. The standard InChI is InChI=1S/C21H25N5OS/c1-24-10-12-25(13-11-24)15-20-22-23-21(28)26(20)18-8-5-9-19(14-18)27-16-17-6-3-2-4-7-17/h2-9,14H,10-13,15-16H2,1H3,(H,23,28). The van der Waals surface area contributed by atoms with Gasteiger partial charge in [-0.15, -0.1) is 0 Å². The van der Waals surface area contributed by atoms with Gasteiger partial charge in [-0.1, -0.05) is 36.4 Å². The fourth-order valence-corrected chi connectivity index (χ4v) is 3.62. The summed E-state index contributed by atoms with van der Waals surface area (Å²) in [6, 6.07) is 18.2. The van der Waals surface area contributed by atoms with Crippen LogP contribution in [0.3, 0.4) is 0 Å². The summed E-state index contributed by atoms with van der Waals surface area (Å²) in [5.41, 5.74) is 2.11. The van der Waals surface area contributed by atoms with Gasteiger partial charge < -0.3 is 9.64 Å². The zero-order valence-electron chi connectivity index (χ0n) is 16.0. The van der Waals surface area contributed by atoms with Crippen LogP contribution in [0.25, 0.3) is 5.69 Å². The van der Waals surface area contributed by atoms with E-state index in [0.29, 0.717) is 11.4 Å². The number of aromatic amines is 1. The normalized spacial score (nSPS) is 15.6. The highest BCUT2D eigenvalue weighted by atomic mass is 32.1. The van der Waals surface area contributed by atoms with Gasteiger partial charge in [0.25, 0.3) is 0 Å². The smallest absolute Gasteiger partial charge is 0.199 e. The van der Waals surface area contributed by atoms with Gasteiger partial charge in [-0.05, 0) is 37.0 Å². The first kappa shape index (κ1) is 18.9. The number of hydrogen-bond acceptors (Lipinski definition) is 5. The second-order valence-electron chi connectivity index (χ2n) is 7.13. The lowest BCUT2D eigenvalue weighted by Crippen LogP contribution is -2.44. The number of likely N-dealkylation sites (N-methyl/N-ethyl adjacent to an activating group) is 1. The largest absolute Gasteiger partial charge is 0.489 e. The van der Waals surface area contributed by atoms with Crippen LogP contribution >= 0.6 is 12.2 Å². The van der Waals surface area contributed by atoms with Gasteiger partial charge in [0.15, 0.2) is 4.77 Å². The average molecular weight is 396 g/mol. The van der Waals surface area contributed by atoms with Crippen molar-refractivity contribution in [2.75, 3.05) is 33.2 Å². The van der Waals surface area contributed by atoms with Crippen LogP contribution in [0.1, 0.15) is 11.4 Å². The van der Waals surface area contributed by atoms with Crippen LogP contribution in [-0.4, -0.2) is 57.8 Å². The Kier molecular flexibility index (Phi) is 5.85. The summed E-state index contributed by atoms with van der Waals surface area (Å²) in [5.74, 6) is 1.74. The molecule has 2 heterocycles. The first-order chi connectivity index (χ1) is 13.7. The van der Waals surface area contributed by atoms with Gasteiger partial charge in [-0.3, -0.25) is 14.6 Å². The van der Waals surface area contributed by atoms with Crippen LogP contribution in [0.5, 0.6) is 5.75 Å². The van der Waals surface area contributed by atoms with Crippen molar-refractivity contribution in [3.05, 3.63) is 70.8 Å². The van der Waals surface area contributed by atoms with E-state index in [9.17, 15) is 0 Å². The van der Waals surface area contributed by atoms with Crippen molar-refractivity contribution < 1.29 is 4.74 Å². The molecule has 4 rings (SSSR count). The number of rotatable bonds is 6. The molecule has 2 aromatic carbocycles. The predicted molar refractivity (Wildman–Crippen MR) is 112 cm³/mol. The molecule has 1 aromatic heterocycles. The van der Waals surface area contributed by atoms with Gasteiger partial charge in [0, 0.05) is 32.2 Å². The Morgan fingerprint density at radius 1 is 1.04 bits per heavy atom. The van der Waals surface area contributed by atoms with Crippen LogP contribution in [0.4, 0.5) is 0 Å². The van der Waals surface area contributed by atoms with E-state index in [-0.39, 0.29) is 0 Å². The van der Waals surface area contributed by atoms with Crippen molar-refractivity contribution in [1.29, 1.82) is 0 Å². The van der Waals surface area contributed by atoms with Crippen molar-refractivity contribution in [2.45, 2.75) is 13.2 Å². The SMILES string of the molecule is CN1CCN(Cc2n[nH]c(=S)n2-c2cccc(OCc3ccccc3)c2)CC1. The summed E-state index contributed by atoms with van der Waals surface area (Å²) < 4.78 is 8.58. The van der Waals surface area contributed by atoms with Crippen molar-refractivity contribution in [3.63, 3.8) is 0 Å². The lowest BCUT2D eigenvalue weighted by Gasteiger charge is -2.31. The Morgan fingerprint density at radius 3 is 2.61 bits per heavy atom. The third kappa shape index (κ3) is 4.49. The molecule has 1 aliphatic rings. The molecular formula is C21H25N5OS. The zero-order chi connectivity index (χ0) is 19.3. The summed E-state index contributed by atoms with van der Waals surface area (Å²) in [6.07, 6.45) is 0. The molecule has 7 heteroatoms. The molecular weight excluding hydrogens is 370 g/mol. The molecule has 6 nitrogen and oxygen atoms in total. The summed E-state index contributed by atoms with van der Waals surface area (Å²) >= 11 is 5.50. The highest BCUT2D eigenvalue weighted by molar-refractivity contribution is 7.71. The second-order valence-corrected chi connectivity index (χ2v) is 7.52. The molecule has 0 radical (unpaired) electrons. The minimum Gasteiger partial charge on any atom is -0.489 e. The molecule has 1 saturated heterocycles. The quantitative estimate of drug-likeness (QED) is 0.649. The molecule has 0 atom stereocenters. The van der Waals surface area contributed by atoms with Crippen molar-refractivity contribution in [3.8, 4) is 11.4 Å². The van der Waals surface area contributed by atoms with E-state index in [4.69, 9.17) is 17.0 Å². The highest BCUT2D eigenvalue weighted by Crippen LogP contribution is 2.20. The molecule has 146 valence electrons. The minimum atomic E-state index is 0.537. The summed E-state index contributed by atoms with van der Waals surface area (Å²) in [7, 11) is 2.16. The van der Waals surface area contributed by atoms with Crippen LogP contribution in [0, 0.1) is 4.77 Å². The van der Waals surface area contributed by atoms with E-state index in [1.807, 2.05) is 47.0 Å². The Balaban J connectivity index is 1.51. The maximum absolute atomic E-state index is 5.98. The Hall–Kier alpha value is -2.48. The van der Waals surface area contributed by atoms with Gasteiger partial charge >= 0.3 is 0 Å². The van der Waals surface area contributed by atoms with Crippen LogP contribution in [0.15, 0.2) is 54.6 Å². The lowest BCUT2D eigenvalue weighted by molar-refractivity contribution is 0.145. The lowest BCUT2D eigenvalue weighted by atomic mass is 10.2. The minimum absolute atomic E-state index is 0.537. The number of H-pyrrole nitrogens is 1. The van der Waals surface area contributed by atoms with E-state index in [1.165, 1.54) is 0 Å². The molecule has 1 fully saturated rings. The van der Waals surface area contributed by atoms with Gasteiger partial charge in [-0.25, -0.2) is 0 Å².